The van der Waals surface area contributed by atoms with Gasteiger partial charge in [0, 0.05) is 5.56 Å². The van der Waals surface area contributed by atoms with Crippen LogP contribution in [0.15, 0.2) is 6.07 Å². The number of rotatable bonds is 4. The first-order valence-corrected chi connectivity index (χ1v) is 10.7. The molecule has 0 aliphatic rings. The summed E-state index contributed by atoms with van der Waals surface area (Å²) in [6.07, 6.45) is 0. The van der Waals surface area contributed by atoms with E-state index in [2.05, 4.69) is 0 Å². The van der Waals surface area contributed by atoms with Crippen LogP contribution in [0.3, 0.4) is 0 Å². The van der Waals surface area contributed by atoms with Crippen molar-refractivity contribution in [3.63, 3.8) is 0 Å². The van der Waals surface area contributed by atoms with Crippen LogP contribution >= 0.6 is 0 Å². The maximum absolute atomic E-state index is 16.8. The summed E-state index contributed by atoms with van der Waals surface area (Å²) in [5.74, 6) is -58.8. The molecule has 0 aliphatic heterocycles. The first-order valence-electron chi connectivity index (χ1n) is 10.7. The second-order valence-corrected chi connectivity index (χ2v) is 8.40. The van der Waals surface area contributed by atoms with Crippen molar-refractivity contribution < 1.29 is 83.4 Å². The maximum atomic E-state index is 16.8. The standard InChI is InChI=1S/C25HF19/c26-3-1-2(8(27)18(37)9(3)28)4-10(29)12(31)5(13(32)11(4)30)25(44,6-14(33)19(38)23(42)20(39)15(6)34)7-16(35)21(40)24(43)22(41)17(7)36/h1H. The summed E-state index contributed by atoms with van der Waals surface area (Å²) in [4.78, 5) is 0. The lowest BCUT2D eigenvalue weighted by atomic mass is 9.78. The highest BCUT2D eigenvalue weighted by molar-refractivity contribution is 5.68. The average molecular weight is 662 g/mol. The van der Waals surface area contributed by atoms with Crippen molar-refractivity contribution in [3.05, 3.63) is 127 Å². The summed E-state index contributed by atoms with van der Waals surface area (Å²) < 4.78 is 275. The molecule has 0 aliphatic carbocycles. The zero-order valence-electron chi connectivity index (χ0n) is 19.8. The third kappa shape index (κ3) is 4.18. The van der Waals surface area contributed by atoms with Gasteiger partial charge in [0.2, 0.25) is 17.3 Å². The van der Waals surface area contributed by atoms with Gasteiger partial charge in [0.15, 0.2) is 93.1 Å². The van der Waals surface area contributed by atoms with Crippen LogP contribution in [0.2, 0.25) is 0 Å². The number of hydrogen-bond acceptors (Lipinski definition) is 0. The molecule has 0 unspecified atom stereocenters. The third-order valence-corrected chi connectivity index (χ3v) is 6.09. The Morgan fingerprint density at radius 1 is 0.295 bits per heavy atom. The van der Waals surface area contributed by atoms with Crippen LogP contribution in [0.4, 0.5) is 83.4 Å². The van der Waals surface area contributed by atoms with Gasteiger partial charge in [0.1, 0.15) is 0 Å². The van der Waals surface area contributed by atoms with Gasteiger partial charge < -0.3 is 0 Å². The van der Waals surface area contributed by atoms with Crippen LogP contribution in [0.5, 0.6) is 0 Å². The molecule has 4 rings (SSSR count). The van der Waals surface area contributed by atoms with E-state index in [1.54, 1.807) is 0 Å². The van der Waals surface area contributed by atoms with E-state index >= 15 is 22.0 Å². The monoisotopic (exact) mass is 662 g/mol. The maximum Gasteiger partial charge on any atom is 0.203 e. The number of benzene rings is 4. The quantitative estimate of drug-likeness (QED) is 0.0886. The molecule has 0 saturated heterocycles. The Morgan fingerprint density at radius 2 is 0.545 bits per heavy atom. The van der Waals surface area contributed by atoms with Gasteiger partial charge in [-0.05, 0) is 6.07 Å². The molecule has 44 heavy (non-hydrogen) atoms. The largest absolute Gasteiger partial charge is 0.227 e. The Balaban J connectivity index is 2.33. The van der Waals surface area contributed by atoms with Gasteiger partial charge in [-0.1, -0.05) is 0 Å². The Kier molecular flexibility index (Phi) is 7.83. The van der Waals surface area contributed by atoms with Crippen LogP contribution in [0, 0.1) is 105 Å². The summed E-state index contributed by atoms with van der Waals surface area (Å²) in [6.45, 7) is 0. The van der Waals surface area contributed by atoms with E-state index in [1.165, 1.54) is 0 Å². The molecule has 234 valence electrons. The molecule has 0 spiro atoms. The highest BCUT2D eigenvalue weighted by Crippen LogP contribution is 2.51. The molecule has 0 heterocycles. The molecule has 0 nitrogen and oxygen atoms in total. The zero-order chi connectivity index (χ0) is 33.5. The lowest BCUT2D eigenvalue weighted by Gasteiger charge is -2.30. The normalized spacial score (nSPS) is 12.0. The predicted molar refractivity (Wildman–Crippen MR) is 105 cm³/mol. The van der Waals surface area contributed by atoms with E-state index in [-0.39, 0.29) is 0 Å². The van der Waals surface area contributed by atoms with Crippen LogP contribution in [-0.4, -0.2) is 0 Å². The molecule has 0 fully saturated rings. The fourth-order valence-electron chi connectivity index (χ4n) is 4.12. The fraction of sp³-hybridized carbons (Fsp3) is 0.0400. The van der Waals surface area contributed by atoms with E-state index in [9.17, 15) is 61.5 Å². The molecule has 4 aromatic rings. The van der Waals surface area contributed by atoms with Crippen molar-refractivity contribution in [2.45, 2.75) is 5.67 Å². The smallest absolute Gasteiger partial charge is 0.203 e. The van der Waals surface area contributed by atoms with Gasteiger partial charge in [-0.3, -0.25) is 0 Å². The van der Waals surface area contributed by atoms with Gasteiger partial charge in [-0.15, -0.1) is 0 Å². The number of halogens is 19. The second kappa shape index (κ2) is 10.6. The van der Waals surface area contributed by atoms with E-state index in [1.807, 2.05) is 0 Å². The Labute approximate surface area is 228 Å². The van der Waals surface area contributed by atoms with E-state index in [4.69, 9.17) is 0 Å². The van der Waals surface area contributed by atoms with Crippen LogP contribution < -0.4 is 0 Å². The number of hydrogen-bond donors (Lipinski definition) is 0. The predicted octanol–water partition coefficient (Wildman–Crippen LogP) is 9.12. The summed E-state index contributed by atoms with van der Waals surface area (Å²) >= 11 is 0. The van der Waals surface area contributed by atoms with Gasteiger partial charge in [-0.25, -0.2) is 83.4 Å². The third-order valence-electron chi connectivity index (χ3n) is 6.09. The van der Waals surface area contributed by atoms with Crippen molar-refractivity contribution in [2.24, 2.45) is 0 Å². The Morgan fingerprint density at radius 3 is 0.864 bits per heavy atom. The summed E-state index contributed by atoms with van der Waals surface area (Å²) in [7, 11) is 0. The van der Waals surface area contributed by atoms with Crippen LogP contribution in [0.25, 0.3) is 11.1 Å². The topological polar surface area (TPSA) is 0 Å². The summed E-state index contributed by atoms with van der Waals surface area (Å²) in [5, 5.41) is 0. The van der Waals surface area contributed by atoms with Crippen LogP contribution in [-0.2, 0) is 5.67 Å². The second-order valence-electron chi connectivity index (χ2n) is 8.40. The van der Waals surface area contributed by atoms with Gasteiger partial charge >= 0.3 is 0 Å². The van der Waals surface area contributed by atoms with E-state index < -0.39 is 144 Å². The van der Waals surface area contributed by atoms with Crippen molar-refractivity contribution in [1.29, 1.82) is 0 Å². The first-order chi connectivity index (χ1) is 20.2. The van der Waals surface area contributed by atoms with Crippen LogP contribution in [0.1, 0.15) is 16.7 Å². The molecule has 0 aromatic heterocycles. The molecule has 4 aromatic carbocycles. The lowest BCUT2D eigenvalue weighted by molar-refractivity contribution is 0.208. The van der Waals surface area contributed by atoms with E-state index in [0.717, 1.165) is 0 Å². The molecule has 0 amide bonds. The highest BCUT2D eigenvalue weighted by Gasteiger charge is 2.54. The molecule has 0 N–H and O–H groups in total. The minimum atomic E-state index is -6.15. The molecular weight excluding hydrogens is 661 g/mol. The summed E-state index contributed by atoms with van der Waals surface area (Å²) in [5.41, 5.74) is -21.6. The minimum Gasteiger partial charge on any atom is -0.227 e. The fourth-order valence-corrected chi connectivity index (χ4v) is 4.12. The minimum absolute atomic E-state index is 0.648. The zero-order valence-corrected chi connectivity index (χ0v) is 19.8. The number of alkyl halides is 1. The Hall–Kier alpha value is -4.45. The summed E-state index contributed by atoms with van der Waals surface area (Å²) in [6, 6.07) is -0.648. The SMILES string of the molecule is Fc1cc(-c2c(F)c(F)c(C(F)(c3c(F)c(F)c(F)c(F)c3F)c3c(F)c(F)c(F)c(F)c3F)c(F)c2F)c(F)c(F)c1F. The molecular formula is C25HF19. The van der Waals surface area contributed by atoms with Gasteiger partial charge in [0.25, 0.3) is 0 Å². The van der Waals surface area contributed by atoms with Gasteiger partial charge in [0.05, 0.1) is 22.3 Å². The van der Waals surface area contributed by atoms with Crippen molar-refractivity contribution in [3.8, 4) is 11.1 Å². The van der Waals surface area contributed by atoms with Crippen molar-refractivity contribution in [2.75, 3.05) is 0 Å². The lowest BCUT2D eigenvalue weighted by Crippen LogP contribution is -2.35. The molecule has 19 heteroatoms. The Bertz CT molecular complexity index is 1760. The van der Waals surface area contributed by atoms with Crippen molar-refractivity contribution >= 4 is 0 Å². The molecule has 0 bridgehead atoms. The van der Waals surface area contributed by atoms with Crippen molar-refractivity contribution in [1.82, 2.24) is 0 Å². The average Bonchev–Trinajstić information content (AvgIpc) is 2.97. The highest BCUT2D eigenvalue weighted by atomic mass is 19.2. The molecule has 0 radical (unpaired) electrons. The molecule has 0 atom stereocenters. The first kappa shape index (κ1) is 32.5. The van der Waals surface area contributed by atoms with E-state index in [0.29, 0.717) is 0 Å². The van der Waals surface area contributed by atoms with Gasteiger partial charge in [-0.2, -0.15) is 0 Å². The molecule has 0 saturated carbocycles.